The molecule has 0 unspecified atom stereocenters. The molecule has 0 aliphatic carbocycles. The molecular formula is C11H16Cl2IN3. The van der Waals surface area contributed by atoms with Crippen LogP contribution >= 0.6 is 47.2 Å². The molecule has 0 saturated carbocycles. The van der Waals surface area contributed by atoms with Gasteiger partial charge in [0, 0.05) is 20.1 Å². The highest BCUT2D eigenvalue weighted by Crippen LogP contribution is 2.22. The van der Waals surface area contributed by atoms with Crippen LogP contribution in [0.5, 0.6) is 0 Å². The van der Waals surface area contributed by atoms with Gasteiger partial charge in [0.2, 0.25) is 0 Å². The van der Waals surface area contributed by atoms with E-state index in [4.69, 9.17) is 28.9 Å². The van der Waals surface area contributed by atoms with Crippen LogP contribution in [0.4, 0.5) is 0 Å². The van der Waals surface area contributed by atoms with Gasteiger partial charge in [-0.3, -0.25) is 4.99 Å². The lowest BCUT2D eigenvalue weighted by molar-refractivity contribution is 0.492. The molecule has 6 heteroatoms. The summed E-state index contributed by atoms with van der Waals surface area (Å²) in [5.41, 5.74) is 6.81. The highest BCUT2D eigenvalue weighted by molar-refractivity contribution is 14.0. The summed E-state index contributed by atoms with van der Waals surface area (Å²) >= 11 is 11.8. The van der Waals surface area contributed by atoms with E-state index in [1.165, 1.54) is 0 Å². The van der Waals surface area contributed by atoms with Gasteiger partial charge in [0.1, 0.15) is 0 Å². The first-order chi connectivity index (χ1) is 7.54. The second-order valence-electron chi connectivity index (χ2n) is 3.44. The molecule has 0 amide bonds. The zero-order chi connectivity index (χ0) is 12.1. The first-order valence-electron chi connectivity index (χ1n) is 4.99. The third-order valence-electron chi connectivity index (χ3n) is 2.11. The van der Waals surface area contributed by atoms with E-state index in [0.29, 0.717) is 29.1 Å². The number of nitrogens with two attached hydrogens (primary N) is 1. The van der Waals surface area contributed by atoms with E-state index in [-0.39, 0.29) is 24.0 Å². The Bertz CT molecular complexity index is 396. The third kappa shape index (κ3) is 5.31. The van der Waals surface area contributed by atoms with E-state index in [0.717, 1.165) is 5.56 Å². The summed E-state index contributed by atoms with van der Waals surface area (Å²) in [6.45, 7) is 3.28. The van der Waals surface area contributed by atoms with Gasteiger partial charge in [0.25, 0.3) is 0 Å². The van der Waals surface area contributed by atoms with Gasteiger partial charge >= 0.3 is 0 Å². The normalized spacial score (nSPS) is 10.9. The van der Waals surface area contributed by atoms with Gasteiger partial charge in [-0.1, -0.05) is 29.3 Å². The van der Waals surface area contributed by atoms with E-state index in [9.17, 15) is 0 Å². The fourth-order valence-electron chi connectivity index (χ4n) is 1.28. The van der Waals surface area contributed by atoms with Gasteiger partial charge in [0.05, 0.1) is 10.0 Å². The van der Waals surface area contributed by atoms with Crippen molar-refractivity contribution >= 4 is 53.1 Å². The molecule has 1 aromatic carbocycles. The molecule has 96 valence electrons. The van der Waals surface area contributed by atoms with Crippen molar-refractivity contribution in [3.05, 3.63) is 33.8 Å². The predicted molar refractivity (Wildman–Crippen MR) is 85.5 cm³/mol. The zero-order valence-electron chi connectivity index (χ0n) is 9.78. The largest absolute Gasteiger partial charge is 0.370 e. The highest BCUT2D eigenvalue weighted by Gasteiger charge is 2.04. The number of aliphatic imine (C=N–C) groups is 1. The van der Waals surface area contributed by atoms with Gasteiger partial charge in [-0.2, -0.15) is 0 Å². The summed E-state index contributed by atoms with van der Waals surface area (Å²) in [5.74, 6) is 0.522. The van der Waals surface area contributed by atoms with E-state index in [2.05, 4.69) is 4.99 Å². The fraction of sp³-hybridized carbons (Fsp3) is 0.364. The third-order valence-corrected chi connectivity index (χ3v) is 2.85. The predicted octanol–water partition coefficient (Wildman–Crippen LogP) is 3.38. The highest BCUT2D eigenvalue weighted by atomic mass is 127. The zero-order valence-corrected chi connectivity index (χ0v) is 13.6. The van der Waals surface area contributed by atoms with Crippen LogP contribution < -0.4 is 5.73 Å². The summed E-state index contributed by atoms with van der Waals surface area (Å²) in [5, 5.41) is 1.11. The number of benzene rings is 1. The number of hydrogen-bond donors (Lipinski definition) is 1. The molecule has 0 atom stereocenters. The Labute approximate surface area is 129 Å². The summed E-state index contributed by atoms with van der Waals surface area (Å²) in [7, 11) is 1.89. The molecule has 17 heavy (non-hydrogen) atoms. The SMILES string of the molecule is CCN=C(N)N(C)Cc1ccc(Cl)c(Cl)c1.I. The Hall–Kier alpha value is -0.200. The van der Waals surface area contributed by atoms with E-state index in [1.54, 1.807) is 6.07 Å². The van der Waals surface area contributed by atoms with E-state index in [1.807, 2.05) is 31.0 Å². The van der Waals surface area contributed by atoms with Crippen molar-refractivity contribution in [2.45, 2.75) is 13.5 Å². The first-order valence-corrected chi connectivity index (χ1v) is 5.75. The molecule has 0 spiro atoms. The maximum Gasteiger partial charge on any atom is 0.191 e. The van der Waals surface area contributed by atoms with Gasteiger partial charge in [0.15, 0.2) is 5.96 Å². The summed E-state index contributed by atoms with van der Waals surface area (Å²) < 4.78 is 0. The van der Waals surface area contributed by atoms with Crippen LogP contribution in [0, 0.1) is 0 Å². The quantitative estimate of drug-likeness (QED) is 0.490. The van der Waals surface area contributed by atoms with Crippen molar-refractivity contribution in [3.63, 3.8) is 0 Å². The molecular weight excluding hydrogens is 372 g/mol. The Morgan fingerprint density at radius 3 is 2.53 bits per heavy atom. The van der Waals surface area contributed by atoms with Gasteiger partial charge in [-0.05, 0) is 24.6 Å². The van der Waals surface area contributed by atoms with Crippen LogP contribution in [0.15, 0.2) is 23.2 Å². The molecule has 2 N–H and O–H groups in total. The van der Waals surface area contributed by atoms with E-state index >= 15 is 0 Å². The molecule has 0 heterocycles. The van der Waals surface area contributed by atoms with Crippen molar-refractivity contribution in [1.82, 2.24) is 4.90 Å². The topological polar surface area (TPSA) is 41.6 Å². The molecule has 0 aromatic heterocycles. The van der Waals surface area contributed by atoms with Gasteiger partial charge < -0.3 is 10.6 Å². The standard InChI is InChI=1S/C11H15Cl2N3.HI/c1-3-15-11(14)16(2)7-8-4-5-9(12)10(13)6-8;/h4-6H,3,7H2,1-2H3,(H2,14,15);1H. The van der Waals surface area contributed by atoms with Crippen LogP contribution in [0.2, 0.25) is 10.0 Å². The summed E-state index contributed by atoms with van der Waals surface area (Å²) in [6, 6.07) is 5.53. The molecule has 0 fully saturated rings. The van der Waals surface area contributed by atoms with Gasteiger partial charge in [-0.15, -0.1) is 24.0 Å². The summed E-state index contributed by atoms with van der Waals surface area (Å²) in [4.78, 5) is 5.99. The Morgan fingerprint density at radius 2 is 2.00 bits per heavy atom. The molecule has 0 aliphatic rings. The van der Waals surface area contributed by atoms with Crippen LogP contribution in [0.25, 0.3) is 0 Å². The fourth-order valence-corrected chi connectivity index (χ4v) is 1.60. The lowest BCUT2D eigenvalue weighted by atomic mass is 10.2. The van der Waals surface area contributed by atoms with Crippen LogP contribution in [0.3, 0.4) is 0 Å². The number of nitrogens with zero attached hydrogens (tertiary/aromatic N) is 2. The number of halogens is 3. The van der Waals surface area contributed by atoms with Crippen LogP contribution in [-0.4, -0.2) is 24.5 Å². The van der Waals surface area contributed by atoms with Crippen molar-refractivity contribution in [3.8, 4) is 0 Å². The van der Waals surface area contributed by atoms with E-state index < -0.39 is 0 Å². The minimum Gasteiger partial charge on any atom is -0.370 e. The number of rotatable bonds is 3. The lowest BCUT2D eigenvalue weighted by Gasteiger charge is -2.18. The molecule has 0 aliphatic heterocycles. The second kappa shape index (κ2) is 8.00. The molecule has 1 aromatic rings. The molecule has 0 bridgehead atoms. The van der Waals surface area contributed by atoms with Crippen molar-refractivity contribution in [1.29, 1.82) is 0 Å². The molecule has 3 nitrogen and oxygen atoms in total. The average Bonchev–Trinajstić information content (AvgIpc) is 2.24. The van der Waals surface area contributed by atoms with Gasteiger partial charge in [-0.25, -0.2) is 0 Å². The molecule has 0 radical (unpaired) electrons. The van der Waals surface area contributed by atoms with Crippen LogP contribution in [0.1, 0.15) is 12.5 Å². The first kappa shape index (κ1) is 16.8. The maximum atomic E-state index is 5.93. The van der Waals surface area contributed by atoms with Crippen molar-refractivity contribution in [2.75, 3.05) is 13.6 Å². The van der Waals surface area contributed by atoms with Crippen molar-refractivity contribution < 1.29 is 0 Å². The Kier molecular flexibility index (Phi) is 7.91. The number of hydrogen-bond acceptors (Lipinski definition) is 1. The smallest absolute Gasteiger partial charge is 0.191 e. The average molecular weight is 388 g/mol. The maximum absolute atomic E-state index is 5.93. The van der Waals surface area contributed by atoms with Crippen molar-refractivity contribution in [2.24, 2.45) is 10.7 Å². The second-order valence-corrected chi connectivity index (χ2v) is 4.25. The van der Waals surface area contributed by atoms with Crippen LogP contribution in [-0.2, 0) is 6.54 Å². The minimum absolute atomic E-state index is 0. The monoisotopic (exact) mass is 387 g/mol. The number of guanidine groups is 1. The summed E-state index contributed by atoms with van der Waals surface area (Å²) in [6.07, 6.45) is 0. The molecule has 0 saturated heterocycles. The Morgan fingerprint density at radius 1 is 1.35 bits per heavy atom. The minimum atomic E-state index is 0. The lowest BCUT2D eigenvalue weighted by Crippen LogP contribution is -2.33. The Balaban J connectivity index is 0.00000256. The molecule has 1 rings (SSSR count).